The van der Waals surface area contributed by atoms with Crippen molar-refractivity contribution in [2.24, 2.45) is 0 Å². The lowest BCUT2D eigenvalue weighted by Crippen LogP contribution is -2.11. The smallest absolute Gasteiger partial charge is 0.224 e. The van der Waals surface area contributed by atoms with Crippen LogP contribution in [0.15, 0.2) is 48.5 Å². The molecule has 0 spiro atoms. The lowest BCUT2D eigenvalue weighted by molar-refractivity contribution is -0.116. The van der Waals surface area contributed by atoms with Crippen LogP contribution in [0.3, 0.4) is 0 Å². The van der Waals surface area contributed by atoms with E-state index in [0.29, 0.717) is 12.4 Å². The molecule has 33 heavy (non-hydrogen) atoms. The molecule has 5 heteroatoms. The van der Waals surface area contributed by atoms with Gasteiger partial charge in [0.1, 0.15) is 0 Å². The molecule has 0 bridgehead atoms. The molecule has 0 unspecified atom stereocenters. The van der Waals surface area contributed by atoms with E-state index in [1.165, 1.54) is 50.5 Å². The van der Waals surface area contributed by atoms with E-state index in [-0.39, 0.29) is 5.91 Å². The van der Waals surface area contributed by atoms with Crippen LogP contribution in [0, 0.1) is 0 Å². The summed E-state index contributed by atoms with van der Waals surface area (Å²) >= 11 is 0. The van der Waals surface area contributed by atoms with E-state index >= 15 is 0 Å². The highest BCUT2D eigenvalue weighted by molar-refractivity contribution is 5.93. The van der Waals surface area contributed by atoms with Crippen LogP contribution < -0.4 is 11.1 Å². The molecule has 0 atom stereocenters. The first-order valence-corrected chi connectivity index (χ1v) is 12.8. The average Bonchev–Trinajstić information content (AvgIpc) is 3.13. The predicted molar refractivity (Wildman–Crippen MR) is 139 cm³/mol. The molecule has 0 aliphatic carbocycles. The number of fused-ring (bicyclic) bond motifs is 1. The minimum absolute atomic E-state index is 0.0764. The third-order valence-corrected chi connectivity index (χ3v) is 6.26. The molecule has 0 aliphatic rings. The third-order valence-electron chi connectivity index (χ3n) is 6.26. The zero-order valence-corrected chi connectivity index (χ0v) is 20.2. The Labute approximate surface area is 198 Å². The maximum absolute atomic E-state index is 12.3. The zero-order chi connectivity index (χ0) is 23.3. The van der Waals surface area contributed by atoms with E-state index in [0.717, 1.165) is 48.9 Å². The molecule has 2 aromatic carbocycles. The van der Waals surface area contributed by atoms with Gasteiger partial charge in [0.15, 0.2) is 0 Å². The second kappa shape index (κ2) is 13.7. The monoisotopic (exact) mass is 448 g/mol. The Morgan fingerprint density at radius 2 is 1.61 bits per heavy atom. The topological polar surface area (TPSA) is 72.9 Å². The van der Waals surface area contributed by atoms with Crippen molar-refractivity contribution in [1.82, 2.24) is 9.55 Å². The fraction of sp³-hybridized carbons (Fsp3) is 0.500. The van der Waals surface area contributed by atoms with E-state index in [2.05, 4.69) is 46.1 Å². The number of aryl methyl sites for hydroxylation is 2. The highest BCUT2D eigenvalue weighted by Crippen LogP contribution is 2.23. The largest absolute Gasteiger partial charge is 0.369 e. The average molecular weight is 449 g/mol. The summed E-state index contributed by atoms with van der Waals surface area (Å²) in [6.07, 6.45) is 13.9. The summed E-state index contributed by atoms with van der Waals surface area (Å²) < 4.78 is 2.06. The van der Waals surface area contributed by atoms with Crippen LogP contribution >= 0.6 is 0 Å². The number of anilines is 2. The van der Waals surface area contributed by atoms with Gasteiger partial charge in [0, 0.05) is 18.7 Å². The van der Waals surface area contributed by atoms with Crippen LogP contribution in [-0.4, -0.2) is 15.5 Å². The first-order chi connectivity index (χ1) is 16.2. The number of hydrogen-bond acceptors (Lipinski definition) is 3. The number of amides is 1. The van der Waals surface area contributed by atoms with Crippen LogP contribution in [-0.2, 0) is 17.8 Å². The Balaban J connectivity index is 1.41. The van der Waals surface area contributed by atoms with Gasteiger partial charge in [-0.1, -0.05) is 88.6 Å². The Hall–Kier alpha value is -2.82. The van der Waals surface area contributed by atoms with Gasteiger partial charge in [0.05, 0.1) is 11.0 Å². The predicted octanol–water partition coefficient (Wildman–Crippen LogP) is 7.11. The van der Waals surface area contributed by atoms with Gasteiger partial charge in [0.25, 0.3) is 0 Å². The zero-order valence-electron chi connectivity index (χ0n) is 20.2. The molecule has 0 fully saturated rings. The van der Waals surface area contributed by atoms with Gasteiger partial charge in [-0.05, 0) is 43.0 Å². The highest BCUT2D eigenvalue weighted by atomic mass is 16.1. The molecule has 3 aromatic rings. The molecule has 0 saturated carbocycles. The number of nitrogens with zero attached hydrogens (tertiary/aromatic N) is 2. The van der Waals surface area contributed by atoms with Gasteiger partial charge in [-0.25, -0.2) is 4.98 Å². The van der Waals surface area contributed by atoms with Crippen molar-refractivity contribution in [2.75, 3.05) is 11.1 Å². The molecule has 3 rings (SSSR count). The van der Waals surface area contributed by atoms with E-state index in [4.69, 9.17) is 5.73 Å². The Morgan fingerprint density at radius 3 is 2.33 bits per heavy atom. The van der Waals surface area contributed by atoms with Crippen LogP contribution in [0.25, 0.3) is 11.0 Å². The molecule has 1 amide bonds. The SMILES string of the molecule is CCCCCCCCCCCC(=O)Nc1ccc2c(c1)nc(N)n2CCCc1ccccc1. The fourth-order valence-corrected chi connectivity index (χ4v) is 4.37. The van der Waals surface area contributed by atoms with Gasteiger partial charge in [-0.3, -0.25) is 4.79 Å². The summed E-state index contributed by atoms with van der Waals surface area (Å²) in [4.78, 5) is 16.9. The van der Waals surface area contributed by atoms with Gasteiger partial charge in [0.2, 0.25) is 11.9 Å². The summed E-state index contributed by atoms with van der Waals surface area (Å²) in [5.74, 6) is 0.601. The third kappa shape index (κ3) is 8.23. The van der Waals surface area contributed by atoms with Crippen molar-refractivity contribution in [3.63, 3.8) is 0 Å². The first kappa shape index (κ1) is 24.8. The van der Waals surface area contributed by atoms with E-state index in [1.807, 2.05) is 24.3 Å². The maximum Gasteiger partial charge on any atom is 0.224 e. The molecule has 0 aliphatic heterocycles. The lowest BCUT2D eigenvalue weighted by Gasteiger charge is -2.08. The number of benzene rings is 2. The molecule has 5 nitrogen and oxygen atoms in total. The van der Waals surface area contributed by atoms with Gasteiger partial charge in [-0.2, -0.15) is 0 Å². The lowest BCUT2D eigenvalue weighted by atomic mass is 10.1. The molecule has 1 heterocycles. The van der Waals surface area contributed by atoms with Gasteiger partial charge >= 0.3 is 0 Å². The Kier molecular flexibility index (Phi) is 10.3. The molecule has 178 valence electrons. The fourth-order valence-electron chi connectivity index (χ4n) is 4.37. The number of nitrogens with two attached hydrogens (primary N) is 1. The highest BCUT2D eigenvalue weighted by Gasteiger charge is 2.10. The molecule has 3 N–H and O–H groups in total. The standard InChI is InChI=1S/C28H40N4O/c1-2-3-4-5-6-7-8-9-13-18-27(33)30-24-19-20-26-25(22-24)31-28(29)32(26)21-14-17-23-15-11-10-12-16-23/h10-12,15-16,19-20,22H,2-9,13-14,17-18,21H2,1H3,(H2,29,31)(H,30,33). The number of nitrogens with one attached hydrogen (secondary N) is 1. The Morgan fingerprint density at radius 1 is 0.909 bits per heavy atom. The summed E-state index contributed by atoms with van der Waals surface area (Å²) in [6, 6.07) is 16.4. The number of aromatic nitrogens is 2. The normalized spacial score (nSPS) is 11.2. The number of rotatable bonds is 15. The van der Waals surface area contributed by atoms with Crippen molar-refractivity contribution in [3.05, 3.63) is 54.1 Å². The summed E-state index contributed by atoms with van der Waals surface area (Å²) in [5, 5.41) is 3.02. The Bertz CT molecular complexity index is 980. The van der Waals surface area contributed by atoms with Gasteiger partial charge < -0.3 is 15.6 Å². The summed E-state index contributed by atoms with van der Waals surface area (Å²) in [6.45, 7) is 3.07. The van der Waals surface area contributed by atoms with Crippen molar-refractivity contribution in [2.45, 2.75) is 90.5 Å². The number of unbranched alkanes of at least 4 members (excludes halogenated alkanes) is 8. The maximum atomic E-state index is 12.3. The number of carbonyl (C=O) groups excluding carboxylic acids is 1. The van der Waals surface area contributed by atoms with E-state index in [1.54, 1.807) is 0 Å². The minimum atomic E-state index is 0.0764. The molecular weight excluding hydrogens is 408 g/mol. The number of nitrogen functional groups attached to an aromatic ring is 1. The number of hydrogen-bond donors (Lipinski definition) is 2. The quantitative estimate of drug-likeness (QED) is 0.243. The molecule has 1 aromatic heterocycles. The molecular formula is C28H40N4O. The van der Waals surface area contributed by atoms with Crippen molar-refractivity contribution in [3.8, 4) is 0 Å². The summed E-state index contributed by atoms with van der Waals surface area (Å²) in [5.41, 5.74) is 10.1. The van der Waals surface area contributed by atoms with Crippen LogP contribution in [0.4, 0.5) is 11.6 Å². The minimum Gasteiger partial charge on any atom is -0.369 e. The van der Waals surface area contributed by atoms with Crippen molar-refractivity contribution < 1.29 is 4.79 Å². The van der Waals surface area contributed by atoms with Crippen LogP contribution in [0.5, 0.6) is 0 Å². The number of imidazole rings is 1. The second-order valence-electron chi connectivity index (χ2n) is 9.04. The number of carbonyl (C=O) groups is 1. The summed E-state index contributed by atoms with van der Waals surface area (Å²) in [7, 11) is 0. The van der Waals surface area contributed by atoms with E-state index < -0.39 is 0 Å². The van der Waals surface area contributed by atoms with Crippen molar-refractivity contribution >= 4 is 28.6 Å². The van der Waals surface area contributed by atoms with Crippen molar-refractivity contribution in [1.29, 1.82) is 0 Å². The van der Waals surface area contributed by atoms with Crippen LogP contribution in [0.2, 0.25) is 0 Å². The van der Waals surface area contributed by atoms with Crippen LogP contribution in [0.1, 0.15) is 83.1 Å². The van der Waals surface area contributed by atoms with E-state index in [9.17, 15) is 4.79 Å². The molecule has 0 saturated heterocycles. The first-order valence-electron chi connectivity index (χ1n) is 12.8. The second-order valence-corrected chi connectivity index (χ2v) is 9.04. The molecule has 0 radical (unpaired) electrons. The van der Waals surface area contributed by atoms with Gasteiger partial charge in [-0.15, -0.1) is 0 Å².